The van der Waals surface area contributed by atoms with Gasteiger partial charge in [0.1, 0.15) is 11.6 Å². The molecule has 0 aliphatic heterocycles. The highest BCUT2D eigenvalue weighted by atomic mass is 32.1. The molecule has 0 unspecified atom stereocenters. The molecule has 27 heavy (non-hydrogen) atoms. The molecule has 138 valence electrons. The van der Waals surface area contributed by atoms with E-state index >= 15 is 0 Å². The monoisotopic (exact) mass is 385 g/mol. The minimum Gasteiger partial charge on any atom is -0.465 e. The Balaban J connectivity index is 1.59. The van der Waals surface area contributed by atoms with Gasteiger partial charge in [-0.15, -0.1) is 11.3 Å². The number of hydrogen-bond acceptors (Lipinski definition) is 5. The molecule has 0 aliphatic rings. The topological polar surface area (TPSA) is 68.5 Å². The molecule has 0 aliphatic carbocycles. The first-order valence-corrected chi connectivity index (χ1v) is 8.96. The molecule has 0 bridgehead atoms. The maximum absolute atomic E-state index is 13.2. The van der Waals surface area contributed by atoms with Crippen LogP contribution < -0.4 is 5.32 Å². The van der Waals surface area contributed by atoms with Crippen molar-refractivity contribution in [3.05, 3.63) is 88.3 Å². The van der Waals surface area contributed by atoms with Gasteiger partial charge in [-0.1, -0.05) is 18.2 Å². The van der Waals surface area contributed by atoms with Crippen molar-refractivity contribution in [1.82, 2.24) is 5.32 Å². The first-order valence-electron chi connectivity index (χ1n) is 8.08. The largest absolute Gasteiger partial charge is 0.465 e. The number of rotatable bonds is 7. The Bertz CT molecular complexity index is 902. The number of furan rings is 1. The zero-order chi connectivity index (χ0) is 19.1. The van der Waals surface area contributed by atoms with Crippen LogP contribution in [0.25, 0.3) is 6.08 Å². The van der Waals surface area contributed by atoms with E-state index in [0.717, 1.165) is 10.4 Å². The Morgan fingerprint density at radius 2 is 2.00 bits per heavy atom. The summed E-state index contributed by atoms with van der Waals surface area (Å²) in [6.45, 7) is -0.426. The number of thiophene rings is 1. The smallest absolute Gasteiger partial charge is 0.331 e. The standard InChI is InChI=1S/C20H16FNO4S/c21-15-7-5-14(6-8-15)20(17-4-2-12-27-17)22-18(23)13-26-19(24)10-9-16-3-1-11-25-16/h1-12,20H,13H2,(H,22,23)/b10-9+/t20-/m1/s1. The van der Waals surface area contributed by atoms with Crippen molar-refractivity contribution in [3.63, 3.8) is 0 Å². The van der Waals surface area contributed by atoms with Crippen LogP contribution in [0.15, 0.2) is 70.7 Å². The predicted molar refractivity (Wildman–Crippen MR) is 99.4 cm³/mol. The normalized spacial score (nSPS) is 12.0. The van der Waals surface area contributed by atoms with E-state index in [4.69, 9.17) is 9.15 Å². The lowest BCUT2D eigenvalue weighted by Crippen LogP contribution is -2.32. The molecule has 0 saturated carbocycles. The van der Waals surface area contributed by atoms with Gasteiger partial charge in [0.15, 0.2) is 6.61 Å². The molecule has 5 nitrogen and oxygen atoms in total. The van der Waals surface area contributed by atoms with Crippen LogP contribution in [0.4, 0.5) is 4.39 Å². The summed E-state index contributed by atoms with van der Waals surface area (Å²) in [7, 11) is 0. The van der Waals surface area contributed by atoms with Crippen molar-refractivity contribution in [2.45, 2.75) is 6.04 Å². The summed E-state index contributed by atoms with van der Waals surface area (Å²) in [4.78, 5) is 24.8. The van der Waals surface area contributed by atoms with Gasteiger partial charge < -0.3 is 14.5 Å². The zero-order valence-electron chi connectivity index (χ0n) is 14.1. The fourth-order valence-electron chi connectivity index (χ4n) is 2.35. The summed E-state index contributed by atoms with van der Waals surface area (Å²) < 4.78 is 23.2. The van der Waals surface area contributed by atoms with Crippen LogP contribution in [0, 0.1) is 5.82 Å². The number of hydrogen-bond donors (Lipinski definition) is 1. The minimum atomic E-state index is -0.656. The Morgan fingerprint density at radius 1 is 1.19 bits per heavy atom. The molecule has 1 atom stereocenters. The minimum absolute atomic E-state index is 0.354. The van der Waals surface area contributed by atoms with Gasteiger partial charge in [0, 0.05) is 11.0 Å². The molecular formula is C20H16FNO4S. The number of halogens is 1. The van der Waals surface area contributed by atoms with E-state index in [1.807, 2.05) is 17.5 Å². The van der Waals surface area contributed by atoms with Crippen molar-refractivity contribution in [1.29, 1.82) is 0 Å². The number of benzene rings is 1. The van der Waals surface area contributed by atoms with Gasteiger partial charge in [-0.2, -0.15) is 0 Å². The van der Waals surface area contributed by atoms with Crippen molar-refractivity contribution < 1.29 is 23.1 Å². The number of carbonyl (C=O) groups excluding carboxylic acids is 2. The SMILES string of the molecule is O=C(COC(=O)/C=C/c1ccco1)N[C@H](c1ccc(F)cc1)c1cccs1. The summed E-state index contributed by atoms with van der Waals surface area (Å²) in [5.74, 6) is -0.966. The van der Waals surface area contributed by atoms with E-state index in [0.29, 0.717) is 5.76 Å². The molecule has 2 heterocycles. The molecule has 7 heteroatoms. The fraction of sp³-hybridized carbons (Fsp3) is 0.100. The molecular weight excluding hydrogens is 369 g/mol. The van der Waals surface area contributed by atoms with Crippen molar-refractivity contribution in [3.8, 4) is 0 Å². The molecule has 2 aromatic heterocycles. The van der Waals surface area contributed by atoms with Gasteiger partial charge in [-0.25, -0.2) is 9.18 Å². The lowest BCUT2D eigenvalue weighted by molar-refractivity contribution is -0.143. The first-order chi connectivity index (χ1) is 13.1. The lowest BCUT2D eigenvalue weighted by Gasteiger charge is -2.18. The Kier molecular flexibility index (Phi) is 6.17. The van der Waals surface area contributed by atoms with Crippen LogP contribution in [-0.2, 0) is 14.3 Å². The lowest BCUT2D eigenvalue weighted by atomic mass is 10.1. The number of amides is 1. The van der Waals surface area contributed by atoms with Gasteiger partial charge in [-0.05, 0) is 47.4 Å². The summed E-state index contributed by atoms with van der Waals surface area (Å²) in [5.41, 5.74) is 0.733. The molecule has 0 saturated heterocycles. The number of esters is 1. The van der Waals surface area contributed by atoms with E-state index in [9.17, 15) is 14.0 Å². The molecule has 3 rings (SSSR count). The summed E-state index contributed by atoms with van der Waals surface area (Å²) in [6.07, 6.45) is 4.12. The maximum atomic E-state index is 13.2. The molecule has 0 fully saturated rings. The van der Waals surface area contributed by atoms with E-state index in [1.165, 1.54) is 41.9 Å². The van der Waals surface area contributed by atoms with Gasteiger partial charge in [0.25, 0.3) is 5.91 Å². The van der Waals surface area contributed by atoms with Crippen molar-refractivity contribution in [2.24, 2.45) is 0 Å². The van der Waals surface area contributed by atoms with E-state index in [2.05, 4.69) is 5.32 Å². The molecule has 0 spiro atoms. The summed E-state index contributed by atoms with van der Waals surface area (Å²) in [5, 5.41) is 4.70. The van der Waals surface area contributed by atoms with Crippen LogP contribution in [-0.4, -0.2) is 18.5 Å². The zero-order valence-corrected chi connectivity index (χ0v) is 14.9. The van der Waals surface area contributed by atoms with Gasteiger partial charge in [0.2, 0.25) is 0 Å². The van der Waals surface area contributed by atoms with Crippen LogP contribution in [0.2, 0.25) is 0 Å². The third-order valence-corrected chi connectivity index (χ3v) is 4.55. The maximum Gasteiger partial charge on any atom is 0.331 e. The quantitative estimate of drug-likeness (QED) is 0.494. The second-order valence-electron chi connectivity index (χ2n) is 5.52. The Morgan fingerprint density at radius 3 is 2.67 bits per heavy atom. The van der Waals surface area contributed by atoms with Crippen LogP contribution >= 0.6 is 11.3 Å². The second-order valence-corrected chi connectivity index (χ2v) is 6.50. The van der Waals surface area contributed by atoms with Crippen molar-refractivity contribution in [2.75, 3.05) is 6.61 Å². The third kappa shape index (κ3) is 5.39. The summed E-state index contributed by atoms with van der Waals surface area (Å²) >= 11 is 1.47. The fourth-order valence-corrected chi connectivity index (χ4v) is 3.16. The van der Waals surface area contributed by atoms with Crippen LogP contribution in [0.5, 0.6) is 0 Å². The number of carbonyl (C=O) groups is 2. The van der Waals surface area contributed by atoms with Crippen LogP contribution in [0.1, 0.15) is 22.2 Å². The highest BCUT2D eigenvalue weighted by molar-refractivity contribution is 7.10. The van der Waals surface area contributed by atoms with Gasteiger partial charge >= 0.3 is 5.97 Å². The molecule has 1 aromatic carbocycles. The molecule has 3 aromatic rings. The molecule has 0 radical (unpaired) electrons. The van der Waals surface area contributed by atoms with Crippen molar-refractivity contribution >= 4 is 29.3 Å². The Labute approximate surface area is 159 Å². The third-order valence-electron chi connectivity index (χ3n) is 3.61. The second kappa shape index (κ2) is 8.95. The van der Waals surface area contributed by atoms with E-state index in [1.54, 1.807) is 24.3 Å². The van der Waals surface area contributed by atoms with Crippen LogP contribution in [0.3, 0.4) is 0 Å². The Hall–Kier alpha value is -3.19. The summed E-state index contributed by atoms with van der Waals surface area (Å²) in [6, 6.07) is 12.6. The predicted octanol–water partition coefficient (Wildman–Crippen LogP) is 3.94. The first kappa shape index (κ1) is 18.6. The van der Waals surface area contributed by atoms with Gasteiger partial charge in [0.05, 0.1) is 12.3 Å². The number of ether oxygens (including phenoxy) is 1. The average molecular weight is 385 g/mol. The highest BCUT2D eigenvalue weighted by Gasteiger charge is 2.18. The molecule has 1 N–H and O–H groups in total. The molecule has 1 amide bonds. The van der Waals surface area contributed by atoms with E-state index in [-0.39, 0.29) is 5.82 Å². The van der Waals surface area contributed by atoms with Gasteiger partial charge in [-0.3, -0.25) is 4.79 Å². The van der Waals surface area contributed by atoms with E-state index < -0.39 is 24.5 Å². The number of nitrogens with one attached hydrogen (secondary N) is 1. The average Bonchev–Trinajstić information content (AvgIpc) is 3.37. The highest BCUT2D eigenvalue weighted by Crippen LogP contribution is 2.26.